The van der Waals surface area contributed by atoms with Crippen molar-refractivity contribution in [2.75, 3.05) is 18.5 Å². The van der Waals surface area contributed by atoms with Gasteiger partial charge in [0, 0.05) is 0 Å². The van der Waals surface area contributed by atoms with Crippen molar-refractivity contribution in [3.05, 3.63) is 0 Å². The van der Waals surface area contributed by atoms with Gasteiger partial charge in [0.1, 0.15) is 0 Å². The Morgan fingerprint density at radius 2 is 1.29 bits per heavy atom. The molecule has 1 fully saturated rings. The maximum atomic E-state index is 12.6. The Morgan fingerprint density at radius 1 is 0.833 bits per heavy atom. The van der Waals surface area contributed by atoms with Gasteiger partial charge in [0.05, 0.1) is 0 Å². The Bertz CT molecular complexity index is 336. The van der Waals surface area contributed by atoms with E-state index in [0.717, 1.165) is 0 Å². The zero-order valence-electron chi connectivity index (χ0n) is 16.9. The van der Waals surface area contributed by atoms with Gasteiger partial charge >= 0.3 is 151 Å². The number of unbranched alkanes of at least 4 members (excludes halogenated alkanes) is 3. The van der Waals surface area contributed by atoms with Crippen LogP contribution in [0.25, 0.3) is 0 Å². The summed E-state index contributed by atoms with van der Waals surface area (Å²) in [4.78, 5) is 12.6. The van der Waals surface area contributed by atoms with Crippen LogP contribution in [0.5, 0.6) is 0 Å². The summed E-state index contributed by atoms with van der Waals surface area (Å²) in [6.45, 7) is 6.38. The summed E-state index contributed by atoms with van der Waals surface area (Å²) in [5.74, 6) is 0.0848. The fourth-order valence-electron chi connectivity index (χ4n) is 4.78. The van der Waals surface area contributed by atoms with Crippen molar-refractivity contribution < 1.29 is 9.32 Å². The number of hydrogen-bond acceptors (Lipinski definition) is 2. The van der Waals surface area contributed by atoms with Crippen molar-refractivity contribution in [3.8, 4) is 0 Å². The summed E-state index contributed by atoms with van der Waals surface area (Å²) in [7, 11) is 0. The van der Waals surface area contributed by atoms with Crippen LogP contribution in [-0.2, 0) is 9.32 Å². The Kier molecular flexibility index (Phi) is 9.87. The van der Waals surface area contributed by atoms with Crippen LogP contribution in [0, 0.1) is 0 Å². The van der Waals surface area contributed by atoms with Gasteiger partial charge in [-0.1, -0.05) is 0 Å². The molecule has 144 valence electrons. The molecular formula is C21H43O2P. The van der Waals surface area contributed by atoms with Gasteiger partial charge in [0.25, 0.3) is 0 Å². The fraction of sp³-hybridized carbons (Fsp3) is 0.952. The monoisotopic (exact) mass is 358 g/mol. The molecule has 0 aliphatic heterocycles. The summed E-state index contributed by atoms with van der Waals surface area (Å²) in [6, 6.07) is 0. The molecule has 1 rings (SSSR count). The number of rotatable bonds is 12. The summed E-state index contributed by atoms with van der Waals surface area (Å²) >= 11 is 0. The van der Waals surface area contributed by atoms with E-state index in [9.17, 15) is 4.79 Å². The summed E-state index contributed by atoms with van der Waals surface area (Å²) < 4.78 is 6.71. The number of hydrogen-bond donors (Lipinski definition) is 0. The first-order valence-corrected chi connectivity index (χ1v) is 13.6. The molecule has 0 radical (unpaired) electrons. The van der Waals surface area contributed by atoms with Crippen molar-refractivity contribution >= 4 is 12.8 Å². The van der Waals surface area contributed by atoms with Gasteiger partial charge in [0.15, 0.2) is 0 Å². The van der Waals surface area contributed by atoms with Crippen molar-refractivity contribution in [1.82, 2.24) is 0 Å². The maximum absolute atomic E-state index is 12.6. The second kappa shape index (κ2) is 10.8. The van der Waals surface area contributed by atoms with Gasteiger partial charge in [-0.15, -0.1) is 0 Å². The quantitative estimate of drug-likeness (QED) is 0.346. The van der Waals surface area contributed by atoms with Crippen LogP contribution in [-0.4, -0.2) is 30.1 Å². The zero-order chi connectivity index (χ0) is 17.9. The molecule has 0 unspecified atom stereocenters. The molecule has 3 heteroatoms. The Balaban J connectivity index is 3.30. The van der Waals surface area contributed by atoms with Gasteiger partial charge in [-0.2, -0.15) is 0 Å². The third kappa shape index (κ3) is 5.45. The van der Waals surface area contributed by atoms with Gasteiger partial charge in [-0.05, 0) is 0 Å². The van der Waals surface area contributed by atoms with E-state index in [-0.39, 0.29) is 5.97 Å². The van der Waals surface area contributed by atoms with Crippen molar-refractivity contribution in [1.29, 1.82) is 0 Å². The molecule has 1 saturated carbocycles. The van der Waals surface area contributed by atoms with E-state index in [0.29, 0.717) is 12.1 Å². The third-order valence-corrected chi connectivity index (χ3v) is 13.5. The first kappa shape index (κ1) is 21.9. The molecule has 0 spiro atoms. The minimum absolute atomic E-state index is 0.0848. The Hall–Kier alpha value is -0.100. The van der Waals surface area contributed by atoms with E-state index < -0.39 is 6.83 Å². The van der Waals surface area contributed by atoms with Crippen LogP contribution in [0.3, 0.4) is 0 Å². The predicted molar refractivity (Wildman–Crippen MR) is 110 cm³/mol. The van der Waals surface area contributed by atoms with Gasteiger partial charge < -0.3 is 0 Å². The minimum atomic E-state index is -2.44. The van der Waals surface area contributed by atoms with E-state index in [2.05, 4.69) is 20.8 Å². The van der Waals surface area contributed by atoms with Crippen LogP contribution in [0.15, 0.2) is 0 Å². The molecular weight excluding hydrogens is 315 g/mol. The van der Waals surface area contributed by atoms with Crippen LogP contribution >= 0.6 is 6.83 Å². The Morgan fingerprint density at radius 3 is 1.67 bits per heavy atom. The molecule has 1 aliphatic carbocycles. The van der Waals surface area contributed by atoms with Gasteiger partial charge in [0.2, 0.25) is 0 Å². The molecule has 1 aliphatic rings. The van der Waals surface area contributed by atoms with E-state index in [4.69, 9.17) is 4.52 Å². The molecule has 0 aromatic heterocycles. The molecule has 0 saturated heterocycles. The summed E-state index contributed by atoms with van der Waals surface area (Å²) in [5.41, 5.74) is 0.699. The third-order valence-electron chi connectivity index (χ3n) is 6.28. The number of carbonyl (C=O) groups is 1. The second-order valence-electron chi connectivity index (χ2n) is 8.05. The summed E-state index contributed by atoms with van der Waals surface area (Å²) in [5, 5.41) is 0. The van der Waals surface area contributed by atoms with Crippen LogP contribution in [0.1, 0.15) is 105 Å². The Labute approximate surface area is 151 Å². The molecule has 0 heterocycles. The average molecular weight is 359 g/mol. The normalized spacial score (nSPS) is 18.1. The van der Waals surface area contributed by atoms with Crippen LogP contribution in [0.4, 0.5) is 0 Å². The molecule has 0 N–H and O–H groups in total. The van der Waals surface area contributed by atoms with Gasteiger partial charge in [-0.25, -0.2) is 0 Å². The van der Waals surface area contributed by atoms with Crippen LogP contribution < -0.4 is 0 Å². The predicted octanol–water partition coefficient (Wildman–Crippen LogP) is 7.14. The SMILES string of the molecule is CCCCP(CCCC)(CCCC)(OC(=O)CC)C1CCCCC1. The fourth-order valence-corrected chi connectivity index (χ4v) is 12.5. The van der Waals surface area contributed by atoms with E-state index in [1.807, 2.05) is 6.92 Å². The topological polar surface area (TPSA) is 26.3 Å². The zero-order valence-corrected chi connectivity index (χ0v) is 17.8. The van der Waals surface area contributed by atoms with Crippen molar-refractivity contribution in [2.24, 2.45) is 0 Å². The molecule has 0 aromatic carbocycles. The van der Waals surface area contributed by atoms with E-state index in [1.54, 1.807) is 0 Å². The molecule has 0 aromatic rings. The van der Waals surface area contributed by atoms with E-state index >= 15 is 0 Å². The first-order chi connectivity index (χ1) is 11.6. The molecule has 0 amide bonds. The van der Waals surface area contributed by atoms with Crippen molar-refractivity contribution in [2.45, 2.75) is 110 Å². The number of carbonyl (C=O) groups excluding carboxylic acids is 1. The molecule has 0 atom stereocenters. The summed E-state index contributed by atoms with van der Waals surface area (Å²) in [6.07, 6.45) is 18.2. The molecule has 2 nitrogen and oxygen atoms in total. The first-order valence-electron chi connectivity index (χ1n) is 10.8. The van der Waals surface area contributed by atoms with Crippen LogP contribution in [0.2, 0.25) is 0 Å². The molecule has 0 bridgehead atoms. The molecule has 24 heavy (non-hydrogen) atoms. The van der Waals surface area contributed by atoms with Gasteiger partial charge in [-0.3, -0.25) is 0 Å². The average Bonchev–Trinajstić information content (AvgIpc) is 2.64. The van der Waals surface area contributed by atoms with Crippen molar-refractivity contribution in [3.63, 3.8) is 0 Å². The standard InChI is InChI=1S/C21H43O2P/c1-5-9-17-24(18-10-6-2,19-11-7-3,23-21(22)8-4)20-15-13-12-14-16-20/h20H,5-19H2,1-4H3. The van der Waals surface area contributed by atoms with E-state index in [1.165, 1.54) is 89.1 Å². The second-order valence-corrected chi connectivity index (χ2v) is 13.7.